The first-order valence-corrected chi connectivity index (χ1v) is 13.2. The smallest absolute Gasteiger partial charge is 0.179 e. The van der Waals surface area contributed by atoms with Gasteiger partial charge in [0.1, 0.15) is 0 Å². The zero-order valence-corrected chi connectivity index (χ0v) is 22.3. The van der Waals surface area contributed by atoms with Gasteiger partial charge in [0.2, 0.25) is 0 Å². The van der Waals surface area contributed by atoms with E-state index in [1.54, 1.807) is 0 Å². The van der Waals surface area contributed by atoms with Crippen LogP contribution in [0.1, 0.15) is 28.4 Å². The van der Waals surface area contributed by atoms with Gasteiger partial charge in [-0.15, -0.1) is 0 Å². The number of rotatable bonds is 3. The molecule has 7 rings (SSSR count). The van der Waals surface area contributed by atoms with E-state index in [9.17, 15) is 0 Å². The third-order valence-electron chi connectivity index (χ3n) is 7.14. The van der Waals surface area contributed by atoms with Crippen LogP contribution < -0.4 is 10.2 Å². The maximum Gasteiger partial charge on any atom is 0.179 e. The molecular formula is C32H25ClN6. The second-order valence-corrected chi connectivity index (χ2v) is 10.2. The molecule has 0 aliphatic carbocycles. The molecule has 5 aromatic rings. The number of anilines is 2. The van der Waals surface area contributed by atoms with Crippen LogP contribution in [0.15, 0.2) is 113 Å². The normalized spacial score (nSPS) is 15.6. The molecule has 0 amide bonds. The maximum absolute atomic E-state index is 6.33. The second kappa shape index (κ2) is 9.26. The number of halogens is 1. The molecule has 2 aliphatic heterocycles. The fraction of sp³-hybridized carbons (Fsp3) is 0.0938. The Hall–Kier alpha value is -4.68. The lowest BCUT2D eigenvalue weighted by Gasteiger charge is -2.40. The van der Waals surface area contributed by atoms with Gasteiger partial charge in [0.15, 0.2) is 17.5 Å². The van der Waals surface area contributed by atoms with Crippen LogP contribution in [0, 0.1) is 13.8 Å². The van der Waals surface area contributed by atoms with Crippen LogP contribution in [0.2, 0.25) is 5.02 Å². The molecule has 3 heterocycles. The highest BCUT2D eigenvalue weighted by Gasteiger charge is 2.41. The number of fused-ring (bicyclic) bond motifs is 4. The van der Waals surface area contributed by atoms with Gasteiger partial charge in [0.05, 0.1) is 28.8 Å². The van der Waals surface area contributed by atoms with Crippen molar-refractivity contribution < 1.29 is 0 Å². The maximum atomic E-state index is 6.33. The molecular weight excluding hydrogens is 504 g/mol. The summed E-state index contributed by atoms with van der Waals surface area (Å²) in [5.41, 5.74) is 8.03. The van der Waals surface area contributed by atoms with Crippen molar-refractivity contribution in [3.05, 3.63) is 131 Å². The van der Waals surface area contributed by atoms with Gasteiger partial charge < -0.3 is 10.2 Å². The van der Waals surface area contributed by atoms with Gasteiger partial charge in [-0.2, -0.15) is 5.10 Å². The van der Waals surface area contributed by atoms with Gasteiger partial charge in [0, 0.05) is 16.3 Å². The number of aromatic nitrogens is 2. The molecule has 2 aliphatic rings. The quantitative estimate of drug-likeness (QED) is 0.258. The summed E-state index contributed by atoms with van der Waals surface area (Å²) in [7, 11) is 0. The summed E-state index contributed by atoms with van der Waals surface area (Å²) in [5, 5.41) is 9.23. The van der Waals surface area contributed by atoms with Gasteiger partial charge in [-0.05, 0) is 67.9 Å². The van der Waals surface area contributed by atoms with Gasteiger partial charge in [-0.3, -0.25) is 0 Å². The first kappa shape index (κ1) is 23.4. The van der Waals surface area contributed by atoms with E-state index in [4.69, 9.17) is 26.7 Å². The Labute approximate surface area is 231 Å². The first-order chi connectivity index (χ1) is 19.1. The third-order valence-corrected chi connectivity index (χ3v) is 7.39. The Morgan fingerprint density at radius 3 is 2.26 bits per heavy atom. The summed E-state index contributed by atoms with van der Waals surface area (Å²) >= 11 is 6.33. The first-order valence-electron chi connectivity index (χ1n) is 12.9. The minimum Gasteiger partial charge on any atom is -0.337 e. The number of hydrogen-bond donors (Lipinski definition) is 1. The van der Waals surface area contributed by atoms with Crippen LogP contribution >= 0.6 is 11.6 Å². The predicted octanol–water partition coefficient (Wildman–Crippen LogP) is 7.94. The van der Waals surface area contributed by atoms with Crippen LogP contribution in [0.25, 0.3) is 5.69 Å². The minimum absolute atomic E-state index is 0.186. The van der Waals surface area contributed by atoms with E-state index in [1.807, 2.05) is 65.3 Å². The Bertz CT molecular complexity index is 1750. The van der Waals surface area contributed by atoms with Crippen LogP contribution in [-0.4, -0.2) is 21.5 Å². The second-order valence-electron chi connectivity index (χ2n) is 9.77. The third kappa shape index (κ3) is 4.01. The van der Waals surface area contributed by atoms with Crippen molar-refractivity contribution >= 4 is 46.2 Å². The van der Waals surface area contributed by atoms with Gasteiger partial charge in [-0.1, -0.05) is 71.8 Å². The molecule has 0 saturated carbocycles. The fourth-order valence-electron chi connectivity index (χ4n) is 5.28. The highest BCUT2D eigenvalue weighted by molar-refractivity contribution is 6.51. The molecule has 1 aromatic heterocycles. The van der Waals surface area contributed by atoms with E-state index < -0.39 is 0 Å². The average molecular weight is 529 g/mol. The number of benzene rings is 4. The zero-order valence-electron chi connectivity index (χ0n) is 21.5. The van der Waals surface area contributed by atoms with Crippen LogP contribution in [-0.2, 0) is 0 Å². The molecule has 0 spiro atoms. The molecule has 0 radical (unpaired) electrons. The molecule has 7 heteroatoms. The molecule has 0 bridgehead atoms. The summed E-state index contributed by atoms with van der Waals surface area (Å²) in [6.07, 6.45) is 0. The van der Waals surface area contributed by atoms with Gasteiger partial charge in [-0.25, -0.2) is 14.7 Å². The summed E-state index contributed by atoms with van der Waals surface area (Å²) in [4.78, 5) is 12.6. The lowest BCUT2D eigenvalue weighted by molar-refractivity contribution is 0.815. The highest BCUT2D eigenvalue weighted by atomic mass is 35.5. The van der Waals surface area contributed by atoms with Crippen LogP contribution in [0.4, 0.5) is 22.9 Å². The summed E-state index contributed by atoms with van der Waals surface area (Å²) in [6, 6.07) is 34.5. The van der Waals surface area contributed by atoms with E-state index >= 15 is 0 Å². The molecule has 1 atom stereocenters. The molecule has 190 valence electrons. The van der Waals surface area contributed by atoms with E-state index in [-0.39, 0.29) is 6.04 Å². The van der Waals surface area contributed by atoms with Crippen molar-refractivity contribution in [2.75, 3.05) is 10.2 Å². The van der Waals surface area contributed by atoms with Crippen molar-refractivity contribution in [3.8, 4) is 5.69 Å². The summed E-state index contributed by atoms with van der Waals surface area (Å²) in [5.74, 6) is 2.21. The number of aliphatic imine (C=N–C) groups is 2. The number of para-hydroxylation sites is 3. The van der Waals surface area contributed by atoms with E-state index in [0.717, 1.165) is 51.2 Å². The topological polar surface area (TPSA) is 57.8 Å². The Balaban J connectivity index is 1.49. The van der Waals surface area contributed by atoms with Gasteiger partial charge >= 0.3 is 0 Å². The summed E-state index contributed by atoms with van der Waals surface area (Å²) in [6.45, 7) is 4.13. The molecule has 0 saturated heterocycles. The van der Waals surface area contributed by atoms with Crippen molar-refractivity contribution in [2.24, 2.45) is 9.98 Å². The number of hydrogen-bond acceptors (Lipinski definition) is 5. The standard InChI is InChI=1S/C32H25ClN6/c1-20-12-18-24(19-13-20)34-30-32-36-31-28(21(2)37-39(31)25-8-4-3-5-9-25)29(22-14-16-23(33)17-15-22)38(32)27-11-7-6-10-26(27)35-30/h3-19,29H,1-2H3,(H,34,35)/t29-/m0/s1. The monoisotopic (exact) mass is 528 g/mol. The predicted molar refractivity (Wildman–Crippen MR) is 160 cm³/mol. The molecule has 0 unspecified atom stereocenters. The highest BCUT2D eigenvalue weighted by Crippen LogP contribution is 2.48. The number of nitrogens with one attached hydrogen (secondary N) is 1. The molecule has 1 N–H and O–H groups in total. The molecule has 39 heavy (non-hydrogen) atoms. The van der Waals surface area contributed by atoms with Crippen molar-refractivity contribution in [1.29, 1.82) is 0 Å². The average Bonchev–Trinajstić information content (AvgIpc) is 3.30. The zero-order chi connectivity index (χ0) is 26.5. The van der Waals surface area contributed by atoms with Gasteiger partial charge in [0.25, 0.3) is 0 Å². The Kier molecular flexibility index (Phi) is 5.56. The van der Waals surface area contributed by atoms with Crippen LogP contribution in [0.3, 0.4) is 0 Å². The fourth-order valence-corrected chi connectivity index (χ4v) is 5.41. The lowest BCUT2D eigenvalue weighted by Crippen LogP contribution is -2.46. The van der Waals surface area contributed by atoms with Crippen molar-refractivity contribution in [2.45, 2.75) is 19.9 Å². The summed E-state index contributed by atoms with van der Waals surface area (Å²) < 4.78 is 1.93. The largest absolute Gasteiger partial charge is 0.337 e. The number of amidine groups is 2. The number of aryl methyl sites for hydroxylation is 2. The van der Waals surface area contributed by atoms with Crippen LogP contribution in [0.5, 0.6) is 0 Å². The lowest BCUT2D eigenvalue weighted by atomic mass is 9.93. The molecule has 4 aromatic carbocycles. The molecule has 0 fully saturated rings. The van der Waals surface area contributed by atoms with Crippen molar-refractivity contribution in [3.63, 3.8) is 0 Å². The van der Waals surface area contributed by atoms with E-state index in [0.29, 0.717) is 10.9 Å². The van der Waals surface area contributed by atoms with E-state index in [1.165, 1.54) is 5.56 Å². The SMILES string of the molecule is Cc1ccc(NC2=Nc3ccccc3N3C2=Nc2c(c(C)nn2-c2ccccc2)[C@@H]3c2ccc(Cl)cc2)cc1. The molecule has 6 nitrogen and oxygen atoms in total. The van der Waals surface area contributed by atoms with Crippen molar-refractivity contribution in [1.82, 2.24) is 9.78 Å². The Morgan fingerprint density at radius 2 is 1.49 bits per heavy atom. The Morgan fingerprint density at radius 1 is 0.769 bits per heavy atom. The number of nitrogens with zero attached hydrogens (tertiary/aromatic N) is 5. The van der Waals surface area contributed by atoms with E-state index in [2.05, 4.69) is 66.5 Å². The minimum atomic E-state index is -0.186.